The van der Waals surface area contributed by atoms with Gasteiger partial charge in [-0.2, -0.15) is 15.0 Å². The molecule has 1 aromatic rings. The van der Waals surface area contributed by atoms with Gasteiger partial charge >= 0.3 is 0 Å². The zero-order valence-corrected chi connectivity index (χ0v) is 25.6. The average Bonchev–Trinajstić information content (AvgIpc) is 2.93. The zero-order valence-electron chi connectivity index (χ0n) is 25.6. The molecule has 0 saturated carbocycles. The SMILES string of the molecule is CCCCCCCCCCCCOCCNc1nc(N)nc(NCCOCCCCCCCCCCCC)n1. The molecule has 228 valence electrons. The van der Waals surface area contributed by atoms with Crippen molar-refractivity contribution in [3.8, 4) is 0 Å². The van der Waals surface area contributed by atoms with E-state index in [1.807, 2.05) is 0 Å². The summed E-state index contributed by atoms with van der Waals surface area (Å²) in [5, 5.41) is 6.36. The molecule has 4 N–H and O–H groups in total. The van der Waals surface area contributed by atoms with Crippen molar-refractivity contribution in [1.82, 2.24) is 15.0 Å². The van der Waals surface area contributed by atoms with E-state index in [0.717, 1.165) is 26.1 Å². The zero-order chi connectivity index (χ0) is 28.1. The largest absolute Gasteiger partial charge is 0.380 e. The molecule has 0 spiro atoms. The molecule has 39 heavy (non-hydrogen) atoms. The van der Waals surface area contributed by atoms with E-state index in [1.54, 1.807) is 0 Å². The molecular formula is C31H62N6O2. The molecule has 8 nitrogen and oxygen atoms in total. The van der Waals surface area contributed by atoms with E-state index >= 15 is 0 Å². The Balaban J connectivity index is 1.95. The lowest BCUT2D eigenvalue weighted by Gasteiger charge is -2.10. The van der Waals surface area contributed by atoms with Crippen molar-refractivity contribution in [2.24, 2.45) is 0 Å². The summed E-state index contributed by atoms with van der Waals surface area (Å²) in [5.41, 5.74) is 5.85. The Morgan fingerprint density at radius 1 is 0.462 bits per heavy atom. The van der Waals surface area contributed by atoms with E-state index in [9.17, 15) is 0 Å². The first-order chi connectivity index (χ1) is 19.3. The van der Waals surface area contributed by atoms with Crippen LogP contribution in [0.2, 0.25) is 0 Å². The van der Waals surface area contributed by atoms with Crippen molar-refractivity contribution in [1.29, 1.82) is 0 Å². The number of rotatable bonds is 30. The molecule has 1 aromatic heterocycles. The van der Waals surface area contributed by atoms with E-state index in [4.69, 9.17) is 15.2 Å². The molecule has 0 aliphatic carbocycles. The summed E-state index contributed by atoms with van der Waals surface area (Å²) in [4.78, 5) is 12.7. The lowest BCUT2D eigenvalue weighted by atomic mass is 10.1. The first kappa shape index (κ1) is 35.4. The van der Waals surface area contributed by atoms with Crippen LogP contribution in [0.5, 0.6) is 0 Å². The highest BCUT2D eigenvalue weighted by Gasteiger charge is 2.04. The monoisotopic (exact) mass is 550 g/mol. The molecule has 0 aromatic carbocycles. The highest BCUT2D eigenvalue weighted by molar-refractivity contribution is 5.39. The van der Waals surface area contributed by atoms with Gasteiger partial charge in [-0.05, 0) is 12.8 Å². The van der Waals surface area contributed by atoms with Crippen LogP contribution >= 0.6 is 0 Å². The van der Waals surface area contributed by atoms with Gasteiger partial charge in [-0.15, -0.1) is 0 Å². The molecule has 0 fully saturated rings. The number of aromatic nitrogens is 3. The second-order valence-electron chi connectivity index (χ2n) is 10.8. The summed E-state index contributed by atoms with van der Waals surface area (Å²) < 4.78 is 11.5. The van der Waals surface area contributed by atoms with Crippen LogP contribution in [-0.4, -0.2) is 54.5 Å². The highest BCUT2D eigenvalue weighted by Crippen LogP contribution is 2.12. The molecule has 8 heteroatoms. The van der Waals surface area contributed by atoms with Crippen LogP contribution in [0.25, 0.3) is 0 Å². The van der Waals surface area contributed by atoms with Crippen LogP contribution < -0.4 is 16.4 Å². The maximum atomic E-state index is 5.85. The van der Waals surface area contributed by atoms with E-state index < -0.39 is 0 Å². The van der Waals surface area contributed by atoms with Crippen molar-refractivity contribution in [2.45, 2.75) is 142 Å². The maximum absolute atomic E-state index is 5.85. The molecule has 1 rings (SSSR count). The molecule has 0 atom stereocenters. The fourth-order valence-corrected chi connectivity index (χ4v) is 4.61. The molecule has 0 aliphatic rings. The predicted molar refractivity (Wildman–Crippen MR) is 167 cm³/mol. The second kappa shape index (κ2) is 27.9. The number of nitrogens with two attached hydrogens (primary N) is 1. The van der Waals surface area contributed by atoms with E-state index in [2.05, 4.69) is 39.4 Å². The van der Waals surface area contributed by atoms with Crippen LogP contribution in [0, 0.1) is 0 Å². The van der Waals surface area contributed by atoms with E-state index in [1.165, 1.54) is 116 Å². The summed E-state index contributed by atoms with van der Waals surface area (Å²) in [6.45, 7) is 8.69. The van der Waals surface area contributed by atoms with Gasteiger partial charge in [-0.25, -0.2) is 0 Å². The number of hydrogen-bond acceptors (Lipinski definition) is 8. The molecule has 0 amide bonds. The standard InChI is InChI=1S/C31H62N6O2/c1-3-5-7-9-11-13-15-17-19-21-25-38-27-23-33-30-35-29(32)36-31(37-30)34-24-28-39-26-22-20-18-16-14-12-10-8-6-4-2/h3-28H2,1-2H3,(H4,32,33,34,35,36,37). The van der Waals surface area contributed by atoms with Gasteiger partial charge in [0.25, 0.3) is 0 Å². The average molecular weight is 551 g/mol. The van der Waals surface area contributed by atoms with Crippen molar-refractivity contribution >= 4 is 17.8 Å². The van der Waals surface area contributed by atoms with E-state index in [0.29, 0.717) is 38.2 Å². The number of ether oxygens (including phenoxy) is 2. The number of nitrogens with one attached hydrogen (secondary N) is 2. The molecule has 1 heterocycles. The van der Waals surface area contributed by atoms with Gasteiger partial charge in [0.2, 0.25) is 17.8 Å². The maximum Gasteiger partial charge on any atom is 0.229 e. The van der Waals surface area contributed by atoms with Crippen molar-refractivity contribution < 1.29 is 9.47 Å². The highest BCUT2D eigenvalue weighted by atomic mass is 16.5. The van der Waals surface area contributed by atoms with Gasteiger partial charge in [-0.1, -0.05) is 129 Å². The Labute approximate surface area is 240 Å². The van der Waals surface area contributed by atoms with Gasteiger partial charge in [0.1, 0.15) is 0 Å². The minimum absolute atomic E-state index is 0.201. The fourth-order valence-electron chi connectivity index (χ4n) is 4.61. The summed E-state index contributed by atoms with van der Waals surface area (Å²) >= 11 is 0. The van der Waals surface area contributed by atoms with Crippen LogP contribution in [-0.2, 0) is 9.47 Å². The minimum atomic E-state index is 0.201. The molecule has 0 aliphatic heterocycles. The summed E-state index contributed by atoms with van der Waals surface area (Å²) in [5.74, 6) is 1.14. The van der Waals surface area contributed by atoms with Crippen LogP contribution in [0.1, 0.15) is 142 Å². The second-order valence-corrected chi connectivity index (χ2v) is 10.8. The number of nitrogen functional groups attached to an aromatic ring is 1. The summed E-state index contributed by atoms with van der Waals surface area (Å²) in [6, 6.07) is 0. The lowest BCUT2D eigenvalue weighted by Crippen LogP contribution is -2.16. The third kappa shape index (κ3) is 23.9. The molecule has 0 radical (unpaired) electrons. The predicted octanol–water partition coefficient (Wildman–Crippen LogP) is 8.15. The van der Waals surface area contributed by atoms with E-state index in [-0.39, 0.29) is 5.95 Å². The van der Waals surface area contributed by atoms with Crippen LogP contribution in [0.4, 0.5) is 17.8 Å². The Morgan fingerprint density at radius 3 is 1.15 bits per heavy atom. The number of hydrogen-bond donors (Lipinski definition) is 3. The van der Waals surface area contributed by atoms with Gasteiger partial charge in [-0.3, -0.25) is 0 Å². The third-order valence-electron chi connectivity index (χ3n) is 7.00. The Hall–Kier alpha value is -1.67. The molecule has 0 bridgehead atoms. The van der Waals surface area contributed by atoms with Crippen molar-refractivity contribution in [3.63, 3.8) is 0 Å². The third-order valence-corrected chi connectivity index (χ3v) is 7.00. The fraction of sp³-hybridized carbons (Fsp3) is 0.903. The van der Waals surface area contributed by atoms with Crippen LogP contribution in [0.3, 0.4) is 0 Å². The topological polar surface area (TPSA) is 107 Å². The first-order valence-electron chi connectivity index (χ1n) is 16.4. The van der Waals surface area contributed by atoms with Crippen molar-refractivity contribution in [2.75, 3.05) is 55.9 Å². The first-order valence-corrected chi connectivity index (χ1v) is 16.4. The normalized spacial score (nSPS) is 11.2. The van der Waals surface area contributed by atoms with Gasteiger partial charge in [0.05, 0.1) is 13.2 Å². The van der Waals surface area contributed by atoms with Crippen LogP contribution in [0.15, 0.2) is 0 Å². The van der Waals surface area contributed by atoms with Crippen molar-refractivity contribution in [3.05, 3.63) is 0 Å². The lowest BCUT2D eigenvalue weighted by molar-refractivity contribution is 0.139. The minimum Gasteiger partial charge on any atom is -0.380 e. The van der Waals surface area contributed by atoms with Gasteiger partial charge in [0, 0.05) is 26.3 Å². The Bertz CT molecular complexity index is 599. The number of unbranched alkanes of at least 4 members (excludes halogenated alkanes) is 18. The van der Waals surface area contributed by atoms with Gasteiger partial charge < -0.3 is 25.8 Å². The molecule has 0 saturated heterocycles. The Morgan fingerprint density at radius 2 is 0.795 bits per heavy atom. The van der Waals surface area contributed by atoms with Gasteiger partial charge in [0.15, 0.2) is 0 Å². The quantitative estimate of drug-likeness (QED) is 0.0824. The smallest absolute Gasteiger partial charge is 0.229 e. The molecular weight excluding hydrogens is 488 g/mol. The molecule has 0 unspecified atom stereocenters. The summed E-state index contributed by atoms with van der Waals surface area (Å²) in [6.07, 6.45) is 26.7. The summed E-state index contributed by atoms with van der Waals surface area (Å²) in [7, 11) is 0. The number of anilines is 3. The Kier molecular flexibility index (Phi) is 25.3. The number of nitrogens with zero attached hydrogens (tertiary/aromatic N) is 3.